The van der Waals surface area contributed by atoms with Crippen LogP contribution in [0.1, 0.15) is 28.9 Å². The van der Waals surface area contributed by atoms with Crippen LogP contribution >= 0.6 is 0 Å². The largest absolute Gasteiger partial charge is 0.450 e. The van der Waals surface area contributed by atoms with Crippen LogP contribution in [-0.4, -0.2) is 86.9 Å². The van der Waals surface area contributed by atoms with Gasteiger partial charge >= 0.3 is 6.09 Å². The number of nitrogens with one attached hydrogen (secondary N) is 1. The van der Waals surface area contributed by atoms with E-state index in [2.05, 4.69) is 27.2 Å². The maximum absolute atomic E-state index is 14.1. The van der Waals surface area contributed by atoms with Crippen molar-refractivity contribution >= 4 is 17.6 Å². The number of Topliss-reactive ketones (excluding diaryl/α,β-unsaturated/α-hetero) is 1. The number of ketones is 1. The third-order valence-corrected chi connectivity index (χ3v) is 6.28. The predicted molar refractivity (Wildman–Crippen MR) is 129 cm³/mol. The highest BCUT2D eigenvalue weighted by Gasteiger charge is 2.39. The van der Waals surface area contributed by atoms with E-state index in [0.717, 1.165) is 18.7 Å². The molecule has 0 spiro atoms. The van der Waals surface area contributed by atoms with Gasteiger partial charge in [-0.15, -0.1) is 0 Å². The highest BCUT2D eigenvalue weighted by Crippen LogP contribution is 2.31. The second kappa shape index (κ2) is 12.1. The van der Waals surface area contributed by atoms with E-state index in [4.69, 9.17) is 14.2 Å². The lowest BCUT2D eigenvalue weighted by atomic mass is 9.89. The Morgan fingerprint density at radius 2 is 1.47 bits per heavy atom. The summed E-state index contributed by atoms with van der Waals surface area (Å²) in [5.74, 6) is 0.0601. The van der Waals surface area contributed by atoms with E-state index in [1.54, 1.807) is 31.2 Å². The first-order valence-corrected chi connectivity index (χ1v) is 11.9. The molecule has 2 aromatic carbocycles. The fraction of sp³-hybridized carbons (Fsp3) is 0.462. The lowest BCUT2D eigenvalue weighted by Crippen LogP contribution is -2.55. The molecule has 2 saturated heterocycles. The van der Waals surface area contributed by atoms with Crippen LogP contribution in [0.15, 0.2) is 54.6 Å². The number of morpholine rings is 2. The number of anilines is 1. The zero-order chi connectivity index (χ0) is 23.8. The molecule has 0 bridgehead atoms. The second-order valence-corrected chi connectivity index (χ2v) is 8.38. The third kappa shape index (κ3) is 6.01. The number of rotatable bonds is 8. The van der Waals surface area contributed by atoms with Crippen LogP contribution in [0.3, 0.4) is 0 Å². The standard InChI is InChI=1S/C26H33N3O5/c1-2-34-26(31)27-22-10-8-21(9-11-22)25(30)24(29-14-18-33-19-15-29)23(20-6-4-3-5-7-20)28-12-16-32-17-13-28/h3-11,23-24H,2,12-19H2,1H3,(H,27,31). The van der Waals surface area contributed by atoms with Gasteiger partial charge in [-0.2, -0.15) is 0 Å². The molecule has 1 N–H and O–H groups in total. The summed E-state index contributed by atoms with van der Waals surface area (Å²) in [6.07, 6.45) is -0.510. The van der Waals surface area contributed by atoms with Crippen LogP contribution in [0.4, 0.5) is 10.5 Å². The minimum Gasteiger partial charge on any atom is -0.450 e. The third-order valence-electron chi connectivity index (χ3n) is 6.28. The monoisotopic (exact) mass is 467 g/mol. The van der Waals surface area contributed by atoms with Gasteiger partial charge in [0, 0.05) is 37.4 Å². The van der Waals surface area contributed by atoms with Crippen LogP contribution in [0.2, 0.25) is 0 Å². The van der Waals surface area contributed by atoms with Gasteiger partial charge < -0.3 is 14.2 Å². The molecule has 0 aliphatic carbocycles. The molecule has 0 radical (unpaired) electrons. The topological polar surface area (TPSA) is 80.3 Å². The van der Waals surface area contributed by atoms with E-state index in [1.807, 2.05) is 18.2 Å². The number of hydrogen-bond acceptors (Lipinski definition) is 7. The van der Waals surface area contributed by atoms with Gasteiger partial charge in [0.15, 0.2) is 5.78 Å². The predicted octanol–water partition coefficient (Wildman–Crippen LogP) is 3.21. The van der Waals surface area contributed by atoms with E-state index in [1.165, 1.54) is 0 Å². The second-order valence-electron chi connectivity index (χ2n) is 8.38. The Bertz CT molecular complexity index is 925. The zero-order valence-corrected chi connectivity index (χ0v) is 19.7. The minimum absolute atomic E-state index is 0.0601. The first-order chi connectivity index (χ1) is 16.7. The van der Waals surface area contributed by atoms with Gasteiger partial charge in [0.05, 0.1) is 45.1 Å². The summed E-state index contributed by atoms with van der Waals surface area (Å²) in [5.41, 5.74) is 2.32. The Kier molecular flexibility index (Phi) is 8.65. The van der Waals surface area contributed by atoms with Crippen molar-refractivity contribution in [2.75, 3.05) is 64.5 Å². The maximum atomic E-state index is 14.1. The normalized spacial score (nSPS) is 19.2. The Labute approximate surface area is 200 Å². The fourth-order valence-electron chi connectivity index (χ4n) is 4.64. The van der Waals surface area contributed by atoms with E-state index in [9.17, 15) is 9.59 Å². The van der Waals surface area contributed by atoms with Crippen molar-refractivity contribution in [1.82, 2.24) is 9.80 Å². The number of carbonyl (C=O) groups is 2. The molecule has 2 aromatic rings. The molecule has 34 heavy (non-hydrogen) atoms. The van der Waals surface area contributed by atoms with Crippen LogP contribution in [-0.2, 0) is 14.2 Å². The summed E-state index contributed by atoms with van der Waals surface area (Å²) in [6.45, 7) is 7.53. The summed E-state index contributed by atoms with van der Waals surface area (Å²) >= 11 is 0. The van der Waals surface area contributed by atoms with E-state index >= 15 is 0 Å². The average Bonchev–Trinajstić information content (AvgIpc) is 2.89. The van der Waals surface area contributed by atoms with Crippen molar-refractivity contribution in [3.8, 4) is 0 Å². The van der Waals surface area contributed by atoms with Gasteiger partial charge in [-0.05, 0) is 36.8 Å². The molecule has 2 fully saturated rings. The van der Waals surface area contributed by atoms with Crippen molar-refractivity contribution in [2.24, 2.45) is 0 Å². The lowest BCUT2D eigenvalue weighted by Gasteiger charge is -2.44. The van der Waals surface area contributed by atoms with E-state index in [0.29, 0.717) is 57.4 Å². The summed E-state index contributed by atoms with van der Waals surface area (Å²) < 4.78 is 16.2. The molecular weight excluding hydrogens is 434 g/mol. The lowest BCUT2D eigenvalue weighted by molar-refractivity contribution is -0.0301. The smallest absolute Gasteiger partial charge is 0.411 e. The summed E-state index contributed by atoms with van der Waals surface area (Å²) in [6, 6.07) is 16.8. The summed E-state index contributed by atoms with van der Waals surface area (Å²) in [7, 11) is 0. The Hall–Kier alpha value is -2.78. The Morgan fingerprint density at radius 3 is 2.06 bits per heavy atom. The highest BCUT2D eigenvalue weighted by molar-refractivity contribution is 6.01. The number of ether oxygens (including phenoxy) is 3. The van der Waals surface area contributed by atoms with E-state index in [-0.39, 0.29) is 17.9 Å². The van der Waals surface area contributed by atoms with Gasteiger partial charge in [-0.25, -0.2) is 4.79 Å². The quantitative estimate of drug-likeness (QED) is 0.597. The summed E-state index contributed by atoms with van der Waals surface area (Å²) in [5, 5.41) is 2.68. The molecule has 8 heteroatoms. The Morgan fingerprint density at radius 1 is 0.882 bits per heavy atom. The van der Waals surface area contributed by atoms with Crippen LogP contribution in [0, 0.1) is 0 Å². The molecule has 8 nitrogen and oxygen atoms in total. The summed E-state index contributed by atoms with van der Waals surface area (Å²) in [4.78, 5) is 30.4. The molecule has 2 heterocycles. The average molecular weight is 468 g/mol. The van der Waals surface area contributed by atoms with Crippen molar-refractivity contribution in [1.29, 1.82) is 0 Å². The molecule has 182 valence electrons. The van der Waals surface area contributed by atoms with Crippen molar-refractivity contribution in [2.45, 2.75) is 19.0 Å². The molecule has 0 saturated carbocycles. The van der Waals surface area contributed by atoms with Crippen LogP contribution in [0.25, 0.3) is 0 Å². The highest BCUT2D eigenvalue weighted by atomic mass is 16.5. The van der Waals surface area contributed by atoms with Crippen LogP contribution < -0.4 is 5.32 Å². The van der Waals surface area contributed by atoms with Crippen LogP contribution in [0.5, 0.6) is 0 Å². The SMILES string of the molecule is CCOC(=O)Nc1ccc(C(=O)C(C(c2ccccc2)N2CCOCC2)N2CCOCC2)cc1. The number of benzene rings is 2. The van der Waals surface area contributed by atoms with Crippen molar-refractivity contribution in [3.63, 3.8) is 0 Å². The molecule has 2 aliphatic heterocycles. The van der Waals surface area contributed by atoms with Gasteiger partial charge in [0.25, 0.3) is 0 Å². The Balaban J connectivity index is 1.65. The van der Waals surface area contributed by atoms with Gasteiger partial charge in [0.2, 0.25) is 0 Å². The molecule has 2 aliphatic rings. The van der Waals surface area contributed by atoms with Gasteiger partial charge in [-0.1, -0.05) is 30.3 Å². The number of carbonyl (C=O) groups excluding carboxylic acids is 2. The van der Waals surface area contributed by atoms with E-state index < -0.39 is 6.09 Å². The first kappa shape index (κ1) is 24.3. The van der Waals surface area contributed by atoms with Crippen molar-refractivity contribution in [3.05, 3.63) is 65.7 Å². The first-order valence-electron chi connectivity index (χ1n) is 11.9. The number of nitrogens with zero attached hydrogens (tertiary/aromatic N) is 2. The maximum Gasteiger partial charge on any atom is 0.411 e. The molecular formula is C26H33N3O5. The van der Waals surface area contributed by atoms with Gasteiger partial charge in [0.1, 0.15) is 0 Å². The molecule has 2 atom stereocenters. The van der Waals surface area contributed by atoms with Crippen molar-refractivity contribution < 1.29 is 23.8 Å². The molecule has 0 aromatic heterocycles. The fourth-order valence-corrected chi connectivity index (χ4v) is 4.64. The molecule has 4 rings (SSSR count). The minimum atomic E-state index is -0.510. The number of amides is 1. The molecule has 1 amide bonds. The zero-order valence-electron chi connectivity index (χ0n) is 19.7. The van der Waals surface area contributed by atoms with Gasteiger partial charge in [-0.3, -0.25) is 19.9 Å². The molecule has 2 unspecified atom stereocenters. The number of hydrogen-bond donors (Lipinski definition) is 1.